The van der Waals surface area contributed by atoms with Gasteiger partial charge in [0.05, 0.1) is 19.3 Å². The lowest BCUT2D eigenvalue weighted by Crippen LogP contribution is -2.09. The van der Waals surface area contributed by atoms with Crippen LogP contribution in [0.4, 0.5) is 0 Å². The van der Waals surface area contributed by atoms with E-state index in [0.29, 0.717) is 18.6 Å². The first-order valence-corrected chi connectivity index (χ1v) is 6.40. The number of hydrogen-bond acceptors (Lipinski definition) is 4. The fourth-order valence-electron chi connectivity index (χ4n) is 1.54. The van der Waals surface area contributed by atoms with Crippen LogP contribution in [0.2, 0.25) is 0 Å². The van der Waals surface area contributed by atoms with E-state index in [1.165, 1.54) is 7.11 Å². The highest BCUT2D eigenvalue weighted by molar-refractivity contribution is 9.10. The molecule has 98 valence electrons. The summed E-state index contributed by atoms with van der Waals surface area (Å²) in [5, 5.41) is 0. The fourth-order valence-corrected chi connectivity index (χ4v) is 1.90. The van der Waals surface area contributed by atoms with E-state index in [9.17, 15) is 9.59 Å². The fraction of sp³-hybridized carbons (Fsp3) is 0.385. The van der Waals surface area contributed by atoms with Crippen molar-refractivity contribution in [3.63, 3.8) is 0 Å². The summed E-state index contributed by atoms with van der Waals surface area (Å²) in [7, 11) is 1.33. The number of halogens is 1. The molecule has 0 bridgehead atoms. The third-order valence-electron chi connectivity index (χ3n) is 2.38. The van der Waals surface area contributed by atoms with E-state index >= 15 is 0 Å². The number of rotatable bonds is 5. The summed E-state index contributed by atoms with van der Waals surface area (Å²) in [5.74, 6) is -0.675. The van der Waals surface area contributed by atoms with Crippen molar-refractivity contribution in [2.24, 2.45) is 0 Å². The molecule has 0 aliphatic carbocycles. The summed E-state index contributed by atoms with van der Waals surface area (Å²) < 4.78 is 10.4. The third-order valence-corrected chi connectivity index (χ3v) is 2.87. The number of benzene rings is 1. The van der Waals surface area contributed by atoms with Crippen LogP contribution in [0.25, 0.3) is 0 Å². The first-order valence-electron chi connectivity index (χ1n) is 5.60. The molecule has 0 radical (unpaired) electrons. The number of aryl methyl sites for hydroxylation is 1. The number of ether oxygens (including phenoxy) is 2. The van der Waals surface area contributed by atoms with Crippen LogP contribution >= 0.6 is 15.9 Å². The zero-order valence-corrected chi connectivity index (χ0v) is 12.0. The van der Waals surface area contributed by atoms with Gasteiger partial charge in [-0.3, -0.25) is 4.79 Å². The first kappa shape index (κ1) is 14.7. The Morgan fingerprint density at radius 3 is 2.67 bits per heavy atom. The topological polar surface area (TPSA) is 52.6 Å². The van der Waals surface area contributed by atoms with E-state index in [-0.39, 0.29) is 12.4 Å². The number of carbonyl (C=O) groups excluding carboxylic acids is 2. The Balaban J connectivity index is 2.81. The second-order valence-electron chi connectivity index (χ2n) is 3.60. The van der Waals surface area contributed by atoms with Gasteiger partial charge in [0.2, 0.25) is 0 Å². The number of esters is 2. The van der Waals surface area contributed by atoms with Gasteiger partial charge >= 0.3 is 11.9 Å². The lowest BCUT2D eigenvalue weighted by Gasteiger charge is -2.08. The maximum Gasteiger partial charge on any atom is 0.338 e. The lowest BCUT2D eigenvalue weighted by atomic mass is 10.0. The summed E-state index contributed by atoms with van der Waals surface area (Å²) in [5.41, 5.74) is 1.24. The predicted molar refractivity (Wildman–Crippen MR) is 70.4 cm³/mol. The highest BCUT2D eigenvalue weighted by Gasteiger charge is 2.13. The van der Waals surface area contributed by atoms with Crippen LogP contribution in [-0.2, 0) is 20.7 Å². The number of carbonyl (C=O) groups is 2. The van der Waals surface area contributed by atoms with E-state index in [1.54, 1.807) is 19.1 Å². The van der Waals surface area contributed by atoms with Gasteiger partial charge in [-0.15, -0.1) is 0 Å². The molecule has 0 aromatic heterocycles. The molecule has 1 rings (SSSR count). The average Bonchev–Trinajstić information content (AvgIpc) is 2.36. The molecule has 0 spiro atoms. The van der Waals surface area contributed by atoms with Crippen LogP contribution < -0.4 is 0 Å². The molecule has 0 fully saturated rings. The van der Waals surface area contributed by atoms with Gasteiger partial charge in [-0.05, 0) is 31.0 Å². The Morgan fingerprint density at radius 2 is 2.06 bits per heavy atom. The molecule has 0 saturated heterocycles. The molecule has 0 atom stereocenters. The average molecular weight is 315 g/mol. The summed E-state index contributed by atoms with van der Waals surface area (Å²) in [6, 6.07) is 5.31. The molecule has 18 heavy (non-hydrogen) atoms. The Kier molecular flexibility index (Phi) is 5.85. The summed E-state index contributed by atoms with van der Waals surface area (Å²) in [6.45, 7) is 2.13. The van der Waals surface area contributed by atoms with Gasteiger partial charge in [0, 0.05) is 10.9 Å². The highest BCUT2D eigenvalue weighted by Crippen LogP contribution is 2.19. The molecule has 4 nitrogen and oxygen atoms in total. The van der Waals surface area contributed by atoms with Crippen molar-refractivity contribution in [3.8, 4) is 0 Å². The maximum atomic E-state index is 11.6. The van der Waals surface area contributed by atoms with Crippen molar-refractivity contribution in [3.05, 3.63) is 33.8 Å². The van der Waals surface area contributed by atoms with Gasteiger partial charge in [0.1, 0.15) is 0 Å². The lowest BCUT2D eigenvalue weighted by molar-refractivity contribution is -0.143. The molecule has 0 N–H and O–H groups in total. The summed E-state index contributed by atoms with van der Waals surface area (Å²) in [6.07, 6.45) is 0.704. The second kappa shape index (κ2) is 7.16. The van der Waals surface area contributed by atoms with Crippen molar-refractivity contribution < 1.29 is 19.1 Å². The van der Waals surface area contributed by atoms with Crippen LogP contribution in [0.1, 0.15) is 29.3 Å². The molecule has 1 aromatic rings. The molecule has 0 amide bonds. The van der Waals surface area contributed by atoms with Crippen LogP contribution in [-0.4, -0.2) is 25.7 Å². The molecule has 0 aliphatic heterocycles. The number of methoxy groups -OCH3 is 1. The smallest absolute Gasteiger partial charge is 0.338 e. The van der Waals surface area contributed by atoms with Crippen LogP contribution in [0.15, 0.2) is 22.7 Å². The summed E-state index contributed by atoms with van der Waals surface area (Å²) >= 11 is 3.30. The monoisotopic (exact) mass is 314 g/mol. The Bertz CT molecular complexity index is 443. The molecule has 0 heterocycles. The Morgan fingerprint density at radius 1 is 1.33 bits per heavy atom. The number of hydrogen-bond donors (Lipinski definition) is 0. The molecule has 5 heteroatoms. The predicted octanol–water partition coefficient (Wildman–Crippen LogP) is 2.73. The zero-order chi connectivity index (χ0) is 13.5. The van der Waals surface area contributed by atoms with E-state index < -0.39 is 5.97 Å². The Labute approximate surface area is 114 Å². The molecule has 0 aliphatic rings. The van der Waals surface area contributed by atoms with Gasteiger partial charge in [-0.2, -0.15) is 0 Å². The normalized spacial score (nSPS) is 9.94. The van der Waals surface area contributed by atoms with E-state index in [0.717, 1.165) is 10.0 Å². The van der Waals surface area contributed by atoms with E-state index in [1.807, 2.05) is 6.07 Å². The van der Waals surface area contributed by atoms with Crippen molar-refractivity contribution in [2.45, 2.75) is 19.8 Å². The van der Waals surface area contributed by atoms with Gasteiger partial charge in [-0.1, -0.05) is 22.0 Å². The molecule has 0 saturated carbocycles. The molecule has 0 unspecified atom stereocenters. The van der Waals surface area contributed by atoms with E-state index in [4.69, 9.17) is 9.47 Å². The Hall–Kier alpha value is -1.36. The van der Waals surface area contributed by atoms with Crippen LogP contribution in [0.5, 0.6) is 0 Å². The minimum absolute atomic E-state index is 0.249. The van der Waals surface area contributed by atoms with Crippen molar-refractivity contribution >= 4 is 27.9 Å². The minimum Gasteiger partial charge on any atom is -0.466 e. The van der Waals surface area contributed by atoms with Crippen molar-refractivity contribution in [2.75, 3.05) is 13.7 Å². The second-order valence-corrected chi connectivity index (χ2v) is 4.51. The van der Waals surface area contributed by atoms with Gasteiger partial charge in [-0.25, -0.2) is 4.79 Å². The van der Waals surface area contributed by atoms with E-state index in [2.05, 4.69) is 15.9 Å². The molecular weight excluding hydrogens is 300 g/mol. The SMILES string of the molecule is CCOC(=O)CCc1ccc(Br)cc1C(=O)OC. The van der Waals surface area contributed by atoms with Crippen LogP contribution in [0.3, 0.4) is 0 Å². The maximum absolute atomic E-state index is 11.6. The highest BCUT2D eigenvalue weighted by atomic mass is 79.9. The van der Waals surface area contributed by atoms with Gasteiger partial charge in [0.25, 0.3) is 0 Å². The third kappa shape index (κ3) is 4.14. The van der Waals surface area contributed by atoms with Crippen molar-refractivity contribution in [1.82, 2.24) is 0 Å². The minimum atomic E-state index is -0.407. The zero-order valence-electron chi connectivity index (χ0n) is 10.4. The largest absolute Gasteiger partial charge is 0.466 e. The molecule has 1 aromatic carbocycles. The first-order chi connectivity index (χ1) is 8.58. The molecular formula is C13H15BrO4. The van der Waals surface area contributed by atoms with Crippen molar-refractivity contribution in [1.29, 1.82) is 0 Å². The van der Waals surface area contributed by atoms with Crippen LogP contribution in [0, 0.1) is 0 Å². The van der Waals surface area contributed by atoms with Gasteiger partial charge < -0.3 is 9.47 Å². The summed E-state index contributed by atoms with van der Waals surface area (Å²) in [4.78, 5) is 22.9. The standard InChI is InChI=1S/C13H15BrO4/c1-3-18-12(15)7-5-9-4-6-10(14)8-11(9)13(16)17-2/h4,6,8H,3,5,7H2,1-2H3. The quantitative estimate of drug-likeness (QED) is 0.784. The van der Waals surface area contributed by atoms with Gasteiger partial charge in [0.15, 0.2) is 0 Å².